The van der Waals surface area contributed by atoms with Crippen LogP contribution in [0, 0.1) is 11.7 Å². The van der Waals surface area contributed by atoms with Crippen molar-refractivity contribution in [2.24, 2.45) is 16.6 Å². The third-order valence-corrected chi connectivity index (χ3v) is 4.15. The lowest BCUT2D eigenvalue weighted by atomic mass is 9.91. The van der Waals surface area contributed by atoms with Crippen LogP contribution in [0.15, 0.2) is 29.3 Å². The molecule has 1 aliphatic heterocycles. The fourth-order valence-electron chi connectivity index (χ4n) is 2.76. The van der Waals surface area contributed by atoms with Gasteiger partial charge in [-0.3, -0.25) is 4.99 Å². The Morgan fingerprint density at radius 2 is 2.05 bits per heavy atom. The van der Waals surface area contributed by atoms with Gasteiger partial charge in [0.25, 0.3) is 0 Å². The van der Waals surface area contributed by atoms with E-state index in [-0.39, 0.29) is 11.4 Å². The standard InChI is InChI=1S/C15H20FN3/c1-15(8-11-4-6-13(16)7-5-11)10-18-14(17)19(15)9-12-2-3-12/h4-7,12H,2-3,8-10H2,1H3,(H2,17,18). The van der Waals surface area contributed by atoms with E-state index in [1.165, 1.54) is 25.0 Å². The number of nitrogens with two attached hydrogens (primary N) is 1. The maximum Gasteiger partial charge on any atom is 0.191 e. The van der Waals surface area contributed by atoms with E-state index in [1.54, 1.807) is 0 Å². The molecule has 1 saturated carbocycles. The van der Waals surface area contributed by atoms with Gasteiger partial charge in [-0.15, -0.1) is 0 Å². The van der Waals surface area contributed by atoms with Gasteiger partial charge in [0, 0.05) is 6.54 Å². The molecule has 4 heteroatoms. The van der Waals surface area contributed by atoms with Crippen LogP contribution in [0.2, 0.25) is 0 Å². The number of halogens is 1. The molecule has 1 atom stereocenters. The number of benzene rings is 1. The molecule has 3 nitrogen and oxygen atoms in total. The molecular formula is C15H20FN3. The van der Waals surface area contributed by atoms with E-state index in [4.69, 9.17) is 5.73 Å². The van der Waals surface area contributed by atoms with Crippen LogP contribution in [0.25, 0.3) is 0 Å². The second-order valence-electron chi connectivity index (χ2n) is 6.03. The molecule has 1 unspecified atom stereocenters. The van der Waals surface area contributed by atoms with E-state index in [2.05, 4.69) is 16.8 Å². The van der Waals surface area contributed by atoms with Crippen LogP contribution in [0.5, 0.6) is 0 Å². The first kappa shape index (κ1) is 12.5. The smallest absolute Gasteiger partial charge is 0.191 e. The molecule has 1 fully saturated rings. The predicted molar refractivity (Wildman–Crippen MR) is 74.4 cm³/mol. The number of rotatable bonds is 4. The van der Waals surface area contributed by atoms with E-state index in [1.807, 2.05) is 12.1 Å². The maximum absolute atomic E-state index is 13.0. The number of hydrogen-bond donors (Lipinski definition) is 1. The molecule has 1 aromatic rings. The topological polar surface area (TPSA) is 41.6 Å². The van der Waals surface area contributed by atoms with Crippen molar-refractivity contribution < 1.29 is 4.39 Å². The highest BCUT2D eigenvalue weighted by molar-refractivity contribution is 5.81. The first-order chi connectivity index (χ1) is 9.07. The highest BCUT2D eigenvalue weighted by Crippen LogP contribution is 2.34. The van der Waals surface area contributed by atoms with Crippen molar-refractivity contribution >= 4 is 5.96 Å². The summed E-state index contributed by atoms with van der Waals surface area (Å²) in [4.78, 5) is 6.66. The lowest BCUT2D eigenvalue weighted by Gasteiger charge is -2.36. The Morgan fingerprint density at radius 1 is 1.37 bits per heavy atom. The van der Waals surface area contributed by atoms with E-state index < -0.39 is 0 Å². The zero-order chi connectivity index (χ0) is 13.5. The summed E-state index contributed by atoms with van der Waals surface area (Å²) in [6.07, 6.45) is 3.46. The largest absolute Gasteiger partial charge is 0.370 e. The SMILES string of the molecule is CC1(Cc2ccc(F)cc2)CN=C(N)N1CC1CC1. The molecule has 2 aliphatic rings. The molecule has 0 saturated heterocycles. The minimum absolute atomic E-state index is 0.0650. The van der Waals surface area contributed by atoms with Crippen LogP contribution in [0.1, 0.15) is 25.3 Å². The zero-order valence-electron chi connectivity index (χ0n) is 11.3. The Labute approximate surface area is 113 Å². The van der Waals surface area contributed by atoms with Crippen LogP contribution >= 0.6 is 0 Å². The van der Waals surface area contributed by atoms with Gasteiger partial charge in [-0.05, 0) is 49.8 Å². The van der Waals surface area contributed by atoms with Crippen molar-refractivity contribution in [2.75, 3.05) is 13.1 Å². The third-order valence-electron chi connectivity index (χ3n) is 4.15. The van der Waals surface area contributed by atoms with Gasteiger partial charge in [-0.1, -0.05) is 12.1 Å². The van der Waals surface area contributed by atoms with Crippen molar-refractivity contribution in [3.63, 3.8) is 0 Å². The van der Waals surface area contributed by atoms with Gasteiger partial charge < -0.3 is 10.6 Å². The molecule has 3 rings (SSSR count). The van der Waals surface area contributed by atoms with Crippen LogP contribution in [-0.4, -0.2) is 29.5 Å². The Morgan fingerprint density at radius 3 is 2.68 bits per heavy atom. The van der Waals surface area contributed by atoms with E-state index >= 15 is 0 Å². The fraction of sp³-hybridized carbons (Fsp3) is 0.533. The van der Waals surface area contributed by atoms with Crippen molar-refractivity contribution in [2.45, 2.75) is 31.7 Å². The van der Waals surface area contributed by atoms with Gasteiger partial charge in [0.1, 0.15) is 5.82 Å². The van der Waals surface area contributed by atoms with Crippen molar-refractivity contribution in [3.05, 3.63) is 35.6 Å². The zero-order valence-corrected chi connectivity index (χ0v) is 11.3. The average Bonchev–Trinajstić information content (AvgIpc) is 3.15. The third kappa shape index (κ3) is 2.57. The molecule has 0 radical (unpaired) electrons. The summed E-state index contributed by atoms with van der Waals surface area (Å²) < 4.78 is 13.0. The fourth-order valence-corrected chi connectivity index (χ4v) is 2.76. The first-order valence-corrected chi connectivity index (χ1v) is 6.89. The number of aliphatic imine (C=N–C) groups is 1. The van der Waals surface area contributed by atoms with Gasteiger partial charge >= 0.3 is 0 Å². The highest BCUT2D eigenvalue weighted by Gasteiger charge is 2.40. The molecule has 1 aromatic carbocycles. The molecular weight excluding hydrogens is 241 g/mol. The minimum Gasteiger partial charge on any atom is -0.370 e. The van der Waals surface area contributed by atoms with Gasteiger partial charge in [-0.2, -0.15) is 0 Å². The van der Waals surface area contributed by atoms with Gasteiger partial charge in [0.2, 0.25) is 0 Å². The lowest BCUT2D eigenvalue weighted by molar-refractivity contribution is 0.213. The van der Waals surface area contributed by atoms with E-state index in [0.29, 0.717) is 5.96 Å². The number of guanidine groups is 1. The number of nitrogens with zero attached hydrogens (tertiary/aromatic N) is 2. The second-order valence-corrected chi connectivity index (χ2v) is 6.03. The van der Waals surface area contributed by atoms with Crippen LogP contribution < -0.4 is 5.73 Å². The van der Waals surface area contributed by atoms with Gasteiger partial charge in [0.15, 0.2) is 5.96 Å². The Kier molecular flexibility index (Phi) is 2.96. The van der Waals surface area contributed by atoms with Gasteiger partial charge in [0.05, 0.1) is 12.1 Å². The Bertz CT molecular complexity index is 493. The monoisotopic (exact) mass is 261 g/mol. The van der Waals surface area contributed by atoms with Crippen LogP contribution in [0.4, 0.5) is 4.39 Å². The molecule has 1 heterocycles. The molecule has 19 heavy (non-hydrogen) atoms. The first-order valence-electron chi connectivity index (χ1n) is 6.89. The van der Waals surface area contributed by atoms with Crippen LogP contribution in [0.3, 0.4) is 0 Å². The average molecular weight is 261 g/mol. The highest BCUT2D eigenvalue weighted by atomic mass is 19.1. The predicted octanol–water partition coefficient (Wildman–Crippen LogP) is 2.17. The Hall–Kier alpha value is -1.58. The van der Waals surface area contributed by atoms with Crippen molar-refractivity contribution in [1.29, 1.82) is 0 Å². The van der Waals surface area contributed by atoms with Gasteiger partial charge in [-0.25, -0.2) is 4.39 Å². The molecule has 0 amide bonds. The van der Waals surface area contributed by atoms with E-state index in [9.17, 15) is 4.39 Å². The second kappa shape index (κ2) is 4.51. The molecule has 0 aromatic heterocycles. The minimum atomic E-state index is -0.189. The molecule has 0 bridgehead atoms. The quantitative estimate of drug-likeness (QED) is 0.902. The summed E-state index contributed by atoms with van der Waals surface area (Å²) in [7, 11) is 0. The molecule has 2 N–H and O–H groups in total. The van der Waals surface area contributed by atoms with Crippen LogP contribution in [-0.2, 0) is 6.42 Å². The summed E-state index contributed by atoms with van der Waals surface area (Å²) >= 11 is 0. The summed E-state index contributed by atoms with van der Waals surface area (Å²) in [6.45, 7) is 3.93. The Balaban J connectivity index is 1.75. The number of hydrogen-bond acceptors (Lipinski definition) is 3. The normalized spacial score (nSPS) is 26.6. The summed E-state index contributed by atoms with van der Waals surface area (Å²) in [5, 5.41) is 0. The molecule has 102 valence electrons. The lowest BCUT2D eigenvalue weighted by Crippen LogP contribution is -2.51. The van der Waals surface area contributed by atoms with Crippen molar-refractivity contribution in [3.8, 4) is 0 Å². The summed E-state index contributed by atoms with van der Waals surface area (Å²) in [5.74, 6) is 1.25. The summed E-state index contributed by atoms with van der Waals surface area (Å²) in [6, 6.07) is 6.74. The molecule has 1 aliphatic carbocycles. The maximum atomic E-state index is 13.0. The van der Waals surface area contributed by atoms with Crippen molar-refractivity contribution in [1.82, 2.24) is 4.90 Å². The van der Waals surface area contributed by atoms with E-state index in [0.717, 1.165) is 31.0 Å². The summed E-state index contributed by atoms with van der Waals surface area (Å²) in [5.41, 5.74) is 7.09. The molecule has 0 spiro atoms.